The summed E-state index contributed by atoms with van der Waals surface area (Å²) in [4.78, 5) is 24.7. The Kier molecular flexibility index (Phi) is 4.16. The highest BCUT2D eigenvalue weighted by molar-refractivity contribution is 5.80. The summed E-state index contributed by atoms with van der Waals surface area (Å²) >= 11 is 0. The van der Waals surface area contributed by atoms with E-state index < -0.39 is 18.1 Å². The zero-order valence-electron chi connectivity index (χ0n) is 10.8. The number of nitrogens with zero attached hydrogens (tertiary/aromatic N) is 1. The highest BCUT2D eigenvalue weighted by Gasteiger charge is 2.41. The van der Waals surface area contributed by atoms with E-state index in [9.17, 15) is 14.7 Å². The molecule has 0 amide bonds. The first kappa shape index (κ1) is 13.5. The first-order chi connectivity index (χ1) is 9.13. The van der Waals surface area contributed by atoms with Crippen LogP contribution in [0.5, 0.6) is 0 Å². The van der Waals surface area contributed by atoms with E-state index in [1.54, 1.807) is 4.90 Å². The summed E-state index contributed by atoms with van der Waals surface area (Å²) in [5.41, 5.74) is 0.990. The van der Waals surface area contributed by atoms with Crippen molar-refractivity contribution in [3.05, 3.63) is 35.9 Å². The fourth-order valence-electron chi connectivity index (χ4n) is 2.53. The number of ether oxygens (including phenoxy) is 1. The van der Waals surface area contributed by atoms with Crippen molar-refractivity contribution < 1.29 is 19.4 Å². The third-order valence-corrected chi connectivity index (χ3v) is 3.48. The Morgan fingerprint density at radius 1 is 1.26 bits per heavy atom. The topological polar surface area (TPSA) is 66.8 Å². The summed E-state index contributed by atoms with van der Waals surface area (Å²) in [6.07, 6.45) is 0.998. The molecule has 1 saturated heterocycles. The molecule has 0 radical (unpaired) electrons. The zero-order chi connectivity index (χ0) is 13.8. The van der Waals surface area contributed by atoms with Gasteiger partial charge in [0.2, 0.25) is 0 Å². The predicted molar refractivity (Wildman–Crippen MR) is 68.4 cm³/mol. The van der Waals surface area contributed by atoms with E-state index in [-0.39, 0.29) is 5.97 Å². The van der Waals surface area contributed by atoms with Crippen molar-refractivity contribution in [1.29, 1.82) is 0 Å². The third-order valence-electron chi connectivity index (χ3n) is 3.48. The number of methoxy groups -OCH3 is 1. The number of esters is 1. The molecule has 1 aromatic carbocycles. The van der Waals surface area contributed by atoms with Crippen molar-refractivity contribution >= 4 is 11.9 Å². The Labute approximate surface area is 111 Å². The van der Waals surface area contributed by atoms with Gasteiger partial charge in [0.15, 0.2) is 0 Å². The second-order valence-corrected chi connectivity index (χ2v) is 4.63. The van der Waals surface area contributed by atoms with Gasteiger partial charge < -0.3 is 9.84 Å². The molecule has 1 heterocycles. The van der Waals surface area contributed by atoms with E-state index in [1.165, 1.54) is 7.11 Å². The van der Waals surface area contributed by atoms with E-state index >= 15 is 0 Å². The maximum Gasteiger partial charge on any atom is 0.323 e. The first-order valence-corrected chi connectivity index (χ1v) is 6.23. The normalized spacial score (nSPS) is 23.2. The molecule has 0 spiro atoms. The Morgan fingerprint density at radius 3 is 2.47 bits per heavy atom. The van der Waals surface area contributed by atoms with Gasteiger partial charge >= 0.3 is 11.9 Å². The summed E-state index contributed by atoms with van der Waals surface area (Å²) in [6.45, 7) is 0.442. The number of hydrogen-bond acceptors (Lipinski definition) is 4. The molecule has 19 heavy (non-hydrogen) atoms. The van der Waals surface area contributed by atoms with Gasteiger partial charge in [-0.05, 0) is 18.4 Å². The van der Waals surface area contributed by atoms with Crippen LogP contribution in [0.3, 0.4) is 0 Å². The molecular formula is C14H17NO4. The summed E-state index contributed by atoms with van der Waals surface area (Å²) in [5.74, 6) is -1.25. The molecule has 5 nitrogen and oxygen atoms in total. The van der Waals surface area contributed by atoms with Gasteiger partial charge in [-0.25, -0.2) is 0 Å². The van der Waals surface area contributed by atoms with E-state index in [0.717, 1.165) is 5.56 Å². The monoisotopic (exact) mass is 263 g/mol. The largest absolute Gasteiger partial charge is 0.480 e. The van der Waals surface area contributed by atoms with Gasteiger partial charge in [-0.15, -0.1) is 0 Å². The fraction of sp³-hybridized carbons (Fsp3) is 0.429. The highest BCUT2D eigenvalue weighted by Crippen LogP contribution is 2.27. The Hall–Kier alpha value is -1.88. The Morgan fingerprint density at radius 2 is 1.89 bits per heavy atom. The molecule has 1 N–H and O–H groups in total. The van der Waals surface area contributed by atoms with Gasteiger partial charge in [0.1, 0.15) is 12.1 Å². The van der Waals surface area contributed by atoms with Gasteiger partial charge in [0.25, 0.3) is 0 Å². The SMILES string of the molecule is COC(=O)[C@@H]1CC[C@H](C(=O)O)N1Cc1ccccc1. The zero-order valence-corrected chi connectivity index (χ0v) is 10.8. The number of benzene rings is 1. The highest BCUT2D eigenvalue weighted by atomic mass is 16.5. The number of hydrogen-bond donors (Lipinski definition) is 1. The smallest absolute Gasteiger partial charge is 0.323 e. The second kappa shape index (κ2) is 5.84. The van der Waals surface area contributed by atoms with Crippen LogP contribution in [-0.4, -0.2) is 41.1 Å². The molecule has 0 aromatic heterocycles. The summed E-state index contributed by atoms with van der Waals surface area (Å²) in [6, 6.07) is 8.45. The minimum Gasteiger partial charge on any atom is -0.480 e. The van der Waals surface area contributed by atoms with Crippen LogP contribution in [-0.2, 0) is 20.9 Å². The van der Waals surface area contributed by atoms with Crippen LogP contribution in [0.4, 0.5) is 0 Å². The molecule has 0 saturated carbocycles. The van der Waals surface area contributed by atoms with Crippen LogP contribution in [0, 0.1) is 0 Å². The Bertz CT molecular complexity index is 460. The van der Waals surface area contributed by atoms with Crippen LogP contribution in [0.2, 0.25) is 0 Å². The number of rotatable bonds is 4. The van der Waals surface area contributed by atoms with Crippen LogP contribution < -0.4 is 0 Å². The number of carboxylic acids is 1. The number of aliphatic carboxylic acids is 1. The van der Waals surface area contributed by atoms with Gasteiger partial charge in [-0.3, -0.25) is 14.5 Å². The maximum atomic E-state index is 11.7. The van der Waals surface area contributed by atoms with Crippen LogP contribution in [0.25, 0.3) is 0 Å². The van der Waals surface area contributed by atoms with Crippen molar-refractivity contribution in [2.45, 2.75) is 31.5 Å². The van der Waals surface area contributed by atoms with Crippen LogP contribution >= 0.6 is 0 Å². The maximum absolute atomic E-state index is 11.7. The number of carbonyl (C=O) groups is 2. The van der Waals surface area contributed by atoms with Crippen molar-refractivity contribution in [3.8, 4) is 0 Å². The molecule has 0 aliphatic carbocycles. The Balaban J connectivity index is 2.19. The molecule has 102 valence electrons. The van der Waals surface area contributed by atoms with Gasteiger partial charge in [0, 0.05) is 6.54 Å². The fourth-order valence-corrected chi connectivity index (χ4v) is 2.53. The standard InChI is InChI=1S/C14H17NO4/c1-19-14(18)12-8-7-11(13(16)17)15(12)9-10-5-3-2-4-6-10/h2-6,11-12H,7-9H2,1H3,(H,16,17)/t11-,12+/m1/s1. The lowest BCUT2D eigenvalue weighted by Crippen LogP contribution is -2.44. The molecule has 0 bridgehead atoms. The predicted octanol–water partition coefficient (Wildman–Crippen LogP) is 1.28. The first-order valence-electron chi connectivity index (χ1n) is 6.23. The van der Waals surface area contributed by atoms with Crippen molar-refractivity contribution in [3.63, 3.8) is 0 Å². The molecule has 1 aliphatic rings. The lowest BCUT2D eigenvalue weighted by Gasteiger charge is -2.26. The summed E-state index contributed by atoms with van der Waals surface area (Å²) in [7, 11) is 1.33. The van der Waals surface area contributed by atoms with Crippen LogP contribution in [0.1, 0.15) is 18.4 Å². The average molecular weight is 263 g/mol. The summed E-state index contributed by atoms with van der Waals surface area (Å²) < 4.78 is 4.76. The molecule has 1 fully saturated rings. The number of carbonyl (C=O) groups excluding carboxylic acids is 1. The summed E-state index contributed by atoms with van der Waals surface area (Å²) in [5, 5.41) is 9.24. The van der Waals surface area contributed by atoms with E-state index in [4.69, 9.17) is 4.74 Å². The second-order valence-electron chi connectivity index (χ2n) is 4.63. The van der Waals surface area contributed by atoms with Crippen LogP contribution in [0.15, 0.2) is 30.3 Å². The molecule has 1 aromatic rings. The van der Waals surface area contributed by atoms with E-state index in [0.29, 0.717) is 19.4 Å². The van der Waals surface area contributed by atoms with Gasteiger partial charge in [-0.2, -0.15) is 0 Å². The van der Waals surface area contributed by atoms with Crippen molar-refractivity contribution in [1.82, 2.24) is 4.90 Å². The molecule has 2 atom stereocenters. The average Bonchev–Trinajstić information content (AvgIpc) is 2.83. The van der Waals surface area contributed by atoms with Gasteiger partial charge in [0.05, 0.1) is 7.11 Å². The molecular weight excluding hydrogens is 246 g/mol. The molecule has 5 heteroatoms. The van der Waals surface area contributed by atoms with Crippen molar-refractivity contribution in [2.24, 2.45) is 0 Å². The van der Waals surface area contributed by atoms with E-state index in [1.807, 2.05) is 30.3 Å². The quantitative estimate of drug-likeness (QED) is 0.829. The molecule has 0 unspecified atom stereocenters. The van der Waals surface area contributed by atoms with Crippen molar-refractivity contribution in [2.75, 3.05) is 7.11 Å². The lowest BCUT2D eigenvalue weighted by atomic mass is 10.2. The minimum atomic E-state index is -0.887. The molecule has 1 aliphatic heterocycles. The number of carboxylic acid groups (broad SMARTS) is 1. The van der Waals surface area contributed by atoms with E-state index in [2.05, 4.69) is 0 Å². The molecule has 2 rings (SSSR count). The third kappa shape index (κ3) is 2.93. The lowest BCUT2D eigenvalue weighted by molar-refractivity contribution is -0.149. The van der Waals surface area contributed by atoms with Gasteiger partial charge in [-0.1, -0.05) is 30.3 Å². The minimum absolute atomic E-state index is 0.361. The number of likely N-dealkylation sites (tertiary alicyclic amines) is 1.